The Bertz CT molecular complexity index is 442. The molecule has 0 saturated carbocycles. The van der Waals surface area contributed by atoms with Crippen molar-refractivity contribution in [3.63, 3.8) is 0 Å². The molecular weight excluding hydrogens is 218 g/mol. The van der Waals surface area contributed by atoms with E-state index in [-0.39, 0.29) is 0 Å². The van der Waals surface area contributed by atoms with Crippen molar-refractivity contribution in [3.8, 4) is 6.07 Å². The standard InChI is InChI=1S/C12H13N3O2/c13-9-10-1-3-11(4-2-10)14-5-7-15(8-6-14)12(16)17/h1-4H,5-8H2,(H,16,17). The number of anilines is 1. The van der Waals surface area contributed by atoms with Gasteiger partial charge in [0, 0.05) is 31.9 Å². The summed E-state index contributed by atoms with van der Waals surface area (Å²) in [4.78, 5) is 14.3. The van der Waals surface area contributed by atoms with Gasteiger partial charge in [0.15, 0.2) is 0 Å². The number of nitrogens with zero attached hydrogens (tertiary/aromatic N) is 3. The largest absolute Gasteiger partial charge is 0.465 e. The maximum absolute atomic E-state index is 10.8. The molecule has 0 aromatic heterocycles. The Balaban J connectivity index is 2.00. The number of hydrogen-bond donors (Lipinski definition) is 1. The fourth-order valence-electron chi connectivity index (χ4n) is 1.90. The number of hydrogen-bond acceptors (Lipinski definition) is 3. The van der Waals surface area contributed by atoms with Crippen molar-refractivity contribution >= 4 is 11.8 Å². The van der Waals surface area contributed by atoms with Gasteiger partial charge in [-0.05, 0) is 24.3 Å². The van der Waals surface area contributed by atoms with E-state index < -0.39 is 6.09 Å². The maximum atomic E-state index is 10.8. The molecule has 0 bridgehead atoms. The summed E-state index contributed by atoms with van der Waals surface area (Å²) < 4.78 is 0. The molecule has 1 fully saturated rings. The Morgan fingerprint density at radius 1 is 1.18 bits per heavy atom. The lowest BCUT2D eigenvalue weighted by atomic mass is 10.2. The fraction of sp³-hybridized carbons (Fsp3) is 0.333. The van der Waals surface area contributed by atoms with Crippen LogP contribution in [0.15, 0.2) is 24.3 Å². The SMILES string of the molecule is N#Cc1ccc(N2CCN(C(=O)O)CC2)cc1. The fourth-order valence-corrected chi connectivity index (χ4v) is 1.90. The molecule has 1 saturated heterocycles. The molecule has 1 aromatic rings. The van der Waals surface area contributed by atoms with E-state index in [4.69, 9.17) is 10.4 Å². The Morgan fingerprint density at radius 3 is 2.24 bits per heavy atom. The van der Waals surface area contributed by atoms with Gasteiger partial charge in [-0.25, -0.2) is 4.79 Å². The van der Waals surface area contributed by atoms with Crippen LogP contribution in [0.3, 0.4) is 0 Å². The summed E-state index contributed by atoms with van der Waals surface area (Å²) in [5.41, 5.74) is 1.67. The van der Waals surface area contributed by atoms with Crippen LogP contribution in [-0.2, 0) is 0 Å². The zero-order chi connectivity index (χ0) is 12.3. The molecule has 1 aliphatic heterocycles. The summed E-state index contributed by atoms with van der Waals surface area (Å²) in [6, 6.07) is 9.42. The van der Waals surface area contributed by atoms with Crippen molar-refractivity contribution < 1.29 is 9.90 Å². The van der Waals surface area contributed by atoms with Gasteiger partial charge in [0.1, 0.15) is 0 Å². The summed E-state index contributed by atoms with van der Waals surface area (Å²) in [7, 11) is 0. The van der Waals surface area contributed by atoms with Crippen LogP contribution in [0, 0.1) is 11.3 Å². The minimum absolute atomic E-state index is 0.523. The average Bonchev–Trinajstić information content (AvgIpc) is 2.39. The van der Waals surface area contributed by atoms with Crippen LogP contribution in [-0.4, -0.2) is 42.3 Å². The van der Waals surface area contributed by atoms with Crippen molar-refractivity contribution in [2.24, 2.45) is 0 Å². The molecule has 0 radical (unpaired) electrons. The molecule has 0 spiro atoms. The van der Waals surface area contributed by atoms with Gasteiger partial charge < -0.3 is 14.9 Å². The van der Waals surface area contributed by atoms with Gasteiger partial charge in [0.2, 0.25) is 0 Å². The first-order valence-corrected chi connectivity index (χ1v) is 5.43. The summed E-state index contributed by atoms with van der Waals surface area (Å²) in [5, 5.41) is 17.5. The van der Waals surface area contributed by atoms with E-state index in [9.17, 15) is 4.79 Å². The first kappa shape index (κ1) is 11.3. The molecule has 17 heavy (non-hydrogen) atoms. The minimum Gasteiger partial charge on any atom is -0.465 e. The number of carboxylic acid groups (broad SMARTS) is 1. The van der Waals surface area contributed by atoms with Gasteiger partial charge in [-0.3, -0.25) is 0 Å². The highest BCUT2D eigenvalue weighted by Crippen LogP contribution is 2.17. The summed E-state index contributed by atoms with van der Waals surface area (Å²) >= 11 is 0. The molecule has 2 rings (SSSR count). The van der Waals surface area contributed by atoms with Crippen LogP contribution in [0.25, 0.3) is 0 Å². The van der Waals surface area contributed by atoms with E-state index in [2.05, 4.69) is 11.0 Å². The zero-order valence-corrected chi connectivity index (χ0v) is 9.33. The van der Waals surface area contributed by atoms with Crippen LogP contribution in [0.2, 0.25) is 0 Å². The predicted molar refractivity (Wildman–Crippen MR) is 63.0 cm³/mol. The molecule has 1 N–H and O–H groups in total. The summed E-state index contributed by atoms with van der Waals surface area (Å²) in [6.07, 6.45) is -0.857. The Labute approximate surface area is 99.5 Å². The van der Waals surface area contributed by atoms with Gasteiger partial charge in [-0.1, -0.05) is 0 Å². The van der Waals surface area contributed by atoms with Crippen LogP contribution in [0.5, 0.6) is 0 Å². The van der Waals surface area contributed by atoms with Crippen LogP contribution in [0.1, 0.15) is 5.56 Å². The van der Waals surface area contributed by atoms with E-state index in [0.29, 0.717) is 31.7 Å². The second kappa shape index (κ2) is 4.74. The number of amides is 1. The average molecular weight is 231 g/mol. The predicted octanol–water partition coefficient (Wildman–Crippen LogP) is 1.36. The number of rotatable bonds is 1. The van der Waals surface area contributed by atoms with E-state index in [1.165, 1.54) is 4.90 Å². The Morgan fingerprint density at radius 2 is 1.76 bits per heavy atom. The Kier molecular flexibility index (Phi) is 3.15. The number of piperazine rings is 1. The third kappa shape index (κ3) is 2.48. The topological polar surface area (TPSA) is 67.6 Å². The summed E-state index contributed by atoms with van der Waals surface area (Å²) in [6.45, 7) is 2.43. The first-order valence-electron chi connectivity index (χ1n) is 5.43. The molecule has 1 aliphatic rings. The first-order chi connectivity index (χ1) is 8.20. The monoisotopic (exact) mass is 231 g/mol. The van der Waals surface area contributed by atoms with E-state index in [1.807, 2.05) is 12.1 Å². The van der Waals surface area contributed by atoms with Crippen molar-refractivity contribution in [1.82, 2.24) is 4.90 Å². The molecule has 5 nitrogen and oxygen atoms in total. The lowest BCUT2D eigenvalue weighted by molar-refractivity contribution is 0.142. The highest BCUT2D eigenvalue weighted by molar-refractivity contribution is 5.65. The number of benzene rings is 1. The van der Waals surface area contributed by atoms with Crippen LogP contribution < -0.4 is 4.90 Å². The van der Waals surface area contributed by atoms with Crippen LogP contribution in [0.4, 0.5) is 10.5 Å². The molecule has 1 aromatic carbocycles. The molecule has 1 amide bonds. The molecular formula is C12H13N3O2. The number of carbonyl (C=O) groups is 1. The van der Waals surface area contributed by atoms with Gasteiger partial charge in [0.05, 0.1) is 11.6 Å². The number of nitriles is 1. The second-order valence-corrected chi connectivity index (χ2v) is 3.92. The summed E-state index contributed by atoms with van der Waals surface area (Å²) in [5.74, 6) is 0. The Hall–Kier alpha value is -2.22. The maximum Gasteiger partial charge on any atom is 0.407 e. The van der Waals surface area contributed by atoms with Crippen molar-refractivity contribution in [2.75, 3.05) is 31.1 Å². The van der Waals surface area contributed by atoms with E-state index >= 15 is 0 Å². The quantitative estimate of drug-likeness (QED) is 0.792. The third-order valence-electron chi connectivity index (χ3n) is 2.91. The zero-order valence-electron chi connectivity index (χ0n) is 9.33. The third-order valence-corrected chi connectivity index (χ3v) is 2.91. The molecule has 1 heterocycles. The highest BCUT2D eigenvalue weighted by atomic mass is 16.4. The van der Waals surface area contributed by atoms with E-state index in [1.54, 1.807) is 12.1 Å². The van der Waals surface area contributed by atoms with Gasteiger partial charge in [0.25, 0.3) is 0 Å². The lowest BCUT2D eigenvalue weighted by Crippen LogP contribution is -2.48. The second-order valence-electron chi connectivity index (χ2n) is 3.92. The van der Waals surface area contributed by atoms with Crippen molar-refractivity contribution in [2.45, 2.75) is 0 Å². The lowest BCUT2D eigenvalue weighted by Gasteiger charge is -2.34. The molecule has 0 unspecified atom stereocenters. The molecule has 5 heteroatoms. The normalized spacial score (nSPS) is 15.5. The van der Waals surface area contributed by atoms with Crippen molar-refractivity contribution in [1.29, 1.82) is 5.26 Å². The molecule has 0 aliphatic carbocycles. The van der Waals surface area contributed by atoms with Gasteiger partial charge in [-0.15, -0.1) is 0 Å². The molecule has 0 atom stereocenters. The van der Waals surface area contributed by atoms with E-state index in [0.717, 1.165) is 5.69 Å². The molecule has 88 valence electrons. The van der Waals surface area contributed by atoms with Crippen molar-refractivity contribution in [3.05, 3.63) is 29.8 Å². The van der Waals surface area contributed by atoms with Gasteiger partial charge in [-0.2, -0.15) is 5.26 Å². The van der Waals surface area contributed by atoms with Crippen LogP contribution >= 0.6 is 0 Å². The minimum atomic E-state index is -0.857. The smallest absolute Gasteiger partial charge is 0.407 e. The highest BCUT2D eigenvalue weighted by Gasteiger charge is 2.20. The van der Waals surface area contributed by atoms with Gasteiger partial charge >= 0.3 is 6.09 Å².